The third kappa shape index (κ3) is 16.4. The Morgan fingerprint density at radius 2 is 0.781 bits per heavy atom. The van der Waals surface area contributed by atoms with Gasteiger partial charge in [0, 0.05) is 45.9 Å². The van der Waals surface area contributed by atoms with Crippen LogP contribution in [-0.2, 0) is 43.7 Å². The van der Waals surface area contributed by atoms with Gasteiger partial charge < -0.3 is 43.9 Å². The largest absolute Gasteiger partial charge is 0.489 e. The summed E-state index contributed by atoms with van der Waals surface area (Å²) in [5, 5.41) is 14.2. The number of rotatable bonds is 18. The number of carbonyl (C=O) groups is 6. The van der Waals surface area contributed by atoms with E-state index >= 15 is 0 Å². The average molecular weight is 1350 g/mol. The second kappa shape index (κ2) is 32.0. The smallest absolute Gasteiger partial charge is 0.307 e. The Balaban J connectivity index is 0.000000182. The molecule has 3 atom stereocenters. The molecule has 0 saturated carbocycles. The summed E-state index contributed by atoms with van der Waals surface area (Å²) in [5.74, 6) is -0.416. The van der Waals surface area contributed by atoms with Gasteiger partial charge in [0.1, 0.15) is 37.1 Å². The average Bonchev–Trinajstić information content (AvgIpc) is 0.979. The molecule has 9 aromatic rings. The molecule has 96 heavy (non-hydrogen) atoms. The standard InChI is InChI=1S/C26H24ClNO4.2C25H22ClNO4.2CH4/c1-16-20(8-5-9-23(16)27)18-7-4-6-17(12-18)15-32-19-10-11-21-22(13-19)26(30)28(2)24(21)14-25(29)31-3;1-15-19(7-4-8-22(15)26)17-6-3-5-16(11-17)14-31-18-9-10-20-21(12-18)25(29)27-23(20)13-24(28)30-2;1-15-19(7-4-8-22(15)26)17-6-3-5-16(11-17)14-31-18-9-10-20-21(12-18)25(30)27(2)23(20)13-24(28)29;;/h4-13,24H,14-15H2,1-3H3;3-12,23H,13-14H2,1-2H3,(H,27,29);3-12,23H,13-14H2,1-2H3,(H,28,29);2*1H4. The molecular formula is C78H76Cl3N3O12. The summed E-state index contributed by atoms with van der Waals surface area (Å²) in [5.41, 5.74) is 16.4. The summed E-state index contributed by atoms with van der Waals surface area (Å²) in [6.45, 7) is 7.07. The first-order valence-electron chi connectivity index (χ1n) is 30.2. The van der Waals surface area contributed by atoms with Crippen LogP contribution in [0.3, 0.4) is 0 Å². The van der Waals surface area contributed by atoms with Crippen LogP contribution >= 0.6 is 34.8 Å². The van der Waals surface area contributed by atoms with Crippen molar-refractivity contribution in [1.29, 1.82) is 0 Å². The van der Waals surface area contributed by atoms with E-state index in [9.17, 15) is 28.8 Å². The van der Waals surface area contributed by atoms with Gasteiger partial charge >= 0.3 is 17.9 Å². The second-order valence-corrected chi connectivity index (χ2v) is 24.2. The molecule has 3 heterocycles. The number of ether oxygens (including phenoxy) is 5. The number of halogens is 3. The van der Waals surface area contributed by atoms with E-state index in [0.717, 1.165) is 98.5 Å². The van der Waals surface area contributed by atoms with Crippen LogP contribution in [0.5, 0.6) is 17.2 Å². The Labute approximate surface area is 575 Å². The molecular weight excluding hydrogens is 1280 g/mol. The minimum absolute atomic E-state index is 0. The van der Waals surface area contributed by atoms with Gasteiger partial charge in [-0.15, -0.1) is 0 Å². The van der Waals surface area contributed by atoms with Crippen molar-refractivity contribution in [3.05, 3.63) is 264 Å². The first-order valence-corrected chi connectivity index (χ1v) is 31.4. The van der Waals surface area contributed by atoms with Gasteiger partial charge in [0.15, 0.2) is 0 Å². The highest BCUT2D eigenvalue weighted by Crippen LogP contribution is 2.40. The number of esters is 2. The highest BCUT2D eigenvalue weighted by atomic mass is 35.5. The van der Waals surface area contributed by atoms with Crippen LogP contribution in [0.15, 0.2) is 182 Å². The predicted octanol–water partition coefficient (Wildman–Crippen LogP) is 17.6. The van der Waals surface area contributed by atoms with Crippen molar-refractivity contribution in [2.45, 2.75) is 92.8 Å². The SMILES string of the molecule is C.C.COC(=O)CC1NC(=O)c2cc(OCc3cccc(-c4cccc(Cl)c4C)c3)ccc21.COC(=O)CC1c2ccc(OCc3cccc(-c4cccc(Cl)c4C)c3)cc2C(=O)N1C.Cc1c(Cl)cccc1-c1cccc(COc2ccc3c(c2)C(=O)N(C)C3CC(=O)O)c1. The van der Waals surface area contributed by atoms with E-state index in [-0.39, 0.29) is 75.9 Å². The second-order valence-electron chi connectivity index (χ2n) is 23.0. The predicted molar refractivity (Wildman–Crippen MR) is 376 cm³/mol. The zero-order chi connectivity index (χ0) is 66.9. The van der Waals surface area contributed by atoms with Crippen molar-refractivity contribution < 1.29 is 57.6 Å². The Kier molecular flexibility index (Phi) is 24.0. The molecule has 3 aliphatic rings. The van der Waals surface area contributed by atoms with Crippen molar-refractivity contribution in [3.8, 4) is 50.6 Å². The van der Waals surface area contributed by atoms with Gasteiger partial charge in [0.25, 0.3) is 17.7 Å². The summed E-state index contributed by atoms with van der Waals surface area (Å²) < 4.78 is 27.4. The number of nitrogens with one attached hydrogen (secondary N) is 1. The van der Waals surface area contributed by atoms with E-state index in [4.69, 9.17) is 63.6 Å². The van der Waals surface area contributed by atoms with E-state index in [2.05, 4.69) is 29.6 Å². The van der Waals surface area contributed by atoms with Gasteiger partial charge in [0.2, 0.25) is 0 Å². The number of carbonyl (C=O) groups excluding carboxylic acids is 5. The number of hydrogen-bond acceptors (Lipinski definition) is 11. The molecule has 18 heteroatoms. The first kappa shape index (κ1) is 71.9. The van der Waals surface area contributed by atoms with Gasteiger partial charge in [-0.05, 0) is 177 Å². The topological polar surface area (TPSA) is 187 Å². The van der Waals surface area contributed by atoms with Gasteiger partial charge in [0.05, 0.1) is 51.6 Å². The Morgan fingerprint density at radius 1 is 0.438 bits per heavy atom. The number of amides is 3. The van der Waals surface area contributed by atoms with Crippen molar-refractivity contribution in [3.63, 3.8) is 0 Å². The maximum Gasteiger partial charge on any atom is 0.307 e. The van der Waals surface area contributed by atoms with Crippen molar-refractivity contribution >= 4 is 70.4 Å². The number of fused-ring (bicyclic) bond motifs is 3. The van der Waals surface area contributed by atoms with Crippen molar-refractivity contribution in [1.82, 2.24) is 15.1 Å². The zero-order valence-corrected chi connectivity index (χ0v) is 55.0. The lowest BCUT2D eigenvalue weighted by Gasteiger charge is -2.19. The highest BCUT2D eigenvalue weighted by molar-refractivity contribution is 6.32. The summed E-state index contributed by atoms with van der Waals surface area (Å²) in [4.78, 5) is 75.0. The molecule has 0 bridgehead atoms. The van der Waals surface area contributed by atoms with E-state index in [0.29, 0.717) is 53.8 Å². The number of carboxylic acid groups (broad SMARTS) is 1. The summed E-state index contributed by atoms with van der Waals surface area (Å²) in [6.07, 6.45) is 0.109. The van der Waals surface area contributed by atoms with Crippen LogP contribution in [0, 0.1) is 20.8 Å². The maximum atomic E-state index is 12.7. The molecule has 0 spiro atoms. The monoisotopic (exact) mass is 1350 g/mol. The maximum absolute atomic E-state index is 12.7. The molecule has 3 amide bonds. The Morgan fingerprint density at radius 3 is 1.16 bits per heavy atom. The zero-order valence-electron chi connectivity index (χ0n) is 52.8. The third-order valence-electron chi connectivity index (χ3n) is 17.0. The molecule has 0 aromatic heterocycles. The molecule has 0 aliphatic carbocycles. The summed E-state index contributed by atoms with van der Waals surface area (Å²) in [7, 11) is 6.00. The fourth-order valence-electron chi connectivity index (χ4n) is 11.8. The molecule has 0 radical (unpaired) electrons. The van der Waals surface area contributed by atoms with Gasteiger partial charge in [-0.1, -0.05) is 159 Å². The molecule has 12 rings (SSSR count). The number of carboxylic acids is 1. The molecule has 0 saturated heterocycles. The minimum Gasteiger partial charge on any atom is -0.489 e. The molecule has 0 fully saturated rings. The Bertz CT molecular complexity index is 4400. The Hall–Kier alpha value is -9.93. The fraction of sp³-hybridized carbons (Fsp3) is 0.231. The van der Waals surface area contributed by atoms with Gasteiger partial charge in [-0.25, -0.2) is 0 Å². The van der Waals surface area contributed by atoms with Crippen LogP contribution < -0.4 is 19.5 Å². The first-order chi connectivity index (χ1) is 45.2. The minimum atomic E-state index is -0.937. The lowest BCUT2D eigenvalue weighted by atomic mass is 9.99. The molecule has 3 unspecified atom stereocenters. The molecule has 496 valence electrons. The number of aliphatic carboxylic acids is 1. The fourth-order valence-corrected chi connectivity index (χ4v) is 12.3. The summed E-state index contributed by atoms with van der Waals surface area (Å²) in [6, 6.07) is 56.8. The quantitative estimate of drug-likeness (QED) is 0.0775. The van der Waals surface area contributed by atoms with Crippen LogP contribution in [0.1, 0.15) is 133 Å². The number of hydrogen-bond donors (Lipinski definition) is 2. The number of benzene rings is 9. The normalized spacial score (nSPS) is 14.6. The molecule has 9 aromatic carbocycles. The molecule has 15 nitrogen and oxygen atoms in total. The third-order valence-corrected chi connectivity index (χ3v) is 18.3. The van der Waals surface area contributed by atoms with Crippen molar-refractivity contribution in [2.75, 3.05) is 28.3 Å². The highest BCUT2D eigenvalue weighted by Gasteiger charge is 2.38. The van der Waals surface area contributed by atoms with Crippen LogP contribution in [0.2, 0.25) is 15.1 Å². The number of nitrogens with zero attached hydrogens (tertiary/aromatic N) is 2. The lowest BCUT2D eigenvalue weighted by molar-refractivity contribution is -0.142. The lowest BCUT2D eigenvalue weighted by Crippen LogP contribution is -2.25. The van der Waals surface area contributed by atoms with Crippen LogP contribution in [0.4, 0.5) is 0 Å². The van der Waals surface area contributed by atoms with Gasteiger partial charge in [-0.2, -0.15) is 0 Å². The van der Waals surface area contributed by atoms with Crippen molar-refractivity contribution in [2.24, 2.45) is 0 Å². The molecule has 2 N–H and O–H groups in total. The van der Waals surface area contributed by atoms with Crippen LogP contribution in [-0.4, -0.2) is 78.9 Å². The number of methoxy groups -OCH3 is 2. The van der Waals surface area contributed by atoms with Crippen LogP contribution in [0.25, 0.3) is 33.4 Å². The van der Waals surface area contributed by atoms with E-state index in [1.807, 2.05) is 148 Å². The van der Waals surface area contributed by atoms with E-state index in [1.54, 1.807) is 49.3 Å². The van der Waals surface area contributed by atoms with E-state index < -0.39 is 12.0 Å². The molecule has 3 aliphatic heterocycles. The summed E-state index contributed by atoms with van der Waals surface area (Å²) >= 11 is 18.8. The van der Waals surface area contributed by atoms with E-state index in [1.165, 1.54) is 19.1 Å². The van der Waals surface area contributed by atoms with Gasteiger partial charge in [-0.3, -0.25) is 28.8 Å².